The molecule has 1 spiro atoms. The van der Waals surface area contributed by atoms with Crippen LogP contribution in [0.25, 0.3) is 6.08 Å². The highest BCUT2D eigenvalue weighted by molar-refractivity contribution is 7.98. The standard InChI is InChI=1S/C27H24FNO2S/c1-26(2)22-16-21(32-4)10-11-23(22)29(3)27(26)14-13-18-15-19(7-12-24(18)31-27)25(30)17-5-8-20(28)9-6-17/h5-16H,1-4H3. The van der Waals surface area contributed by atoms with Crippen molar-refractivity contribution in [2.24, 2.45) is 0 Å². The number of carbonyl (C=O) groups is 1. The Morgan fingerprint density at radius 1 is 1.00 bits per heavy atom. The number of thioether (sulfide) groups is 1. The molecule has 0 bridgehead atoms. The van der Waals surface area contributed by atoms with Crippen molar-refractivity contribution in [2.45, 2.75) is 29.9 Å². The van der Waals surface area contributed by atoms with Crippen molar-refractivity contribution < 1.29 is 13.9 Å². The van der Waals surface area contributed by atoms with Crippen LogP contribution in [0.1, 0.15) is 40.9 Å². The maximum atomic E-state index is 13.2. The Morgan fingerprint density at radius 2 is 1.72 bits per heavy atom. The molecule has 0 aromatic heterocycles. The average Bonchev–Trinajstić information content (AvgIpc) is 2.96. The number of carbonyl (C=O) groups excluding carboxylic acids is 1. The van der Waals surface area contributed by atoms with E-state index < -0.39 is 5.72 Å². The Kier molecular flexibility index (Phi) is 4.71. The summed E-state index contributed by atoms with van der Waals surface area (Å²) in [5, 5.41) is 0. The number of likely N-dealkylation sites (N-methyl/N-ethyl adjacent to an activating group) is 1. The molecule has 0 N–H and O–H groups in total. The topological polar surface area (TPSA) is 29.5 Å². The summed E-state index contributed by atoms with van der Waals surface area (Å²) in [6.45, 7) is 4.42. The quantitative estimate of drug-likeness (QED) is 0.349. The molecule has 3 nitrogen and oxygen atoms in total. The van der Waals surface area contributed by atoms with E-state index in [1.165, 1.54) is 34.7 Å². The number of fused-ring (bicyclic) bond motifs is 2. The molecule has 0 amide bonds. The van der Waals surface area contributed by atoms with Crippen molar-refractivity contribution in [2.75, 3.05) is 18.2 Å². The Balaban J connectivity index is 1.51. The Labute approximate surface area is 191 Å². The predicted octanol–water partition coefficient (Wildman–Crippen LogP) is 6.31. The minimum absolute atomic E-state index is 0.142. The molecule has 162 valence electrons. The number of ether oxygens (including phenoxy) is 1. The molecule has 1 unspecified atom stereocenters. The molecule has 0 saturated heterocycles. The van der Waals surface area contributed by atoms with Gasteiger partial charge in [-0.3, -0.25) is 4.79 Å². The monoisotopic (exact) mass is 445 g/mol. The summed E-state index contributed by atoms with van der Waals surface area (Å²) in [4.78, 5) is 16.3. The van der Waals surface area contributed by atoms with Gasteiger partial charge in [-0.1, -0.05) is 0 Å². The molecule has 3 aromatic rings. The van der Waals surface area contributed by atoms with Gasteiger partial charge in [-0.2, -0.15) is 0 Å². The first-order chi connectivity index (χ1) is 15.3. The van der Waals surface area contributed by atoms with Crippen molar-refractivity contribution >= 4 is 29.3 Å². The van der Waals surface area contributed by atoms with Crippen LogP contribution in [0.4, 0.5) is 10.1 Å². The Morgan fingerprint density at radius 3 is 2.44 bits per heavy atom. The van der Waals surface area contributed by atoms with Gasteiger partial charge in [-0.25, -0.2) is 4.39 Å². The third-order valence-electron chi connectivity index (χ3n) is 6.76. The van der Waals surface area contributed by atoms with E-state index in [1.54, 1.807) is 17.8 Å². The van der Waals surface area contributed by atoms with Gasteiger partial charge < -0.3 is 9.64 Å². The van der Waals surface area contributed by atoms with Crippen LogP contribution in [0, 0.1) is 5.82 Å². The molecule has 2 heterocycles. The maximum absolute atomic E-state index is 13.2. The SMILES string of the molecule is CSc1ccc2c(c1)C(C)(C)C1(C=Cc3cc(C(=O)c4ccc(F)cc4)ccc3O1)N2C. The van der Waals surface area contributed by atoms with E-state index in [0.29, 0.717) is 11.1 Å². The van der Waals surface area contributed by atoms with Gasteiger partial charge >= 0.3 is 0 Å². The summed E-state index contributed by atoms with van der Waals surface area (Å²) in [5.41, 5.74) is 3.31. The maximum Gasteiger partial charge on any atom is 0.211 e. The first-order valence-electron chi connectivity index (χ1n) is 10.5. The van der Waals surface area contributed by atoms with Crippen LogP contribution in [0.15, 0.2) is 71.6 Å². The lowest BCUT2D eigenvalue weighted by Crippen LogP contribution is -2.58. The molecule has 0 fully saturated rings. The fraction of sp³-hybridized carbons (Fsp3) is 0.222. The average molecular weight is 446 g/mol. The second kappa shape index (κ2) is 7.24. The molecule has 32 heavy (non-hydrogen) atoms. The van der Waals surface area contributed by atoms with Gasteiger partial charge in [0.25, 0.3) is 0 Å². The van der Waals surface area contributed by atoms with E-state index in [0.717, 1.165) is 17.0 Å². The molecule has 1 atom stereocenters. The summed E-state index contributed by atoms with van der Waals surface area (Å²) >= 11 is 1.73. The van der Waals surface area contributed by atoms with E-state index >= 15 is 0 Å². The number of anilines is 1. The number of benzene rings is 3. The lowest BCUT2D eigenvalue weighted by molar-refractivity contribution is 0.0581. The van der Waals surface area contributed by atoms with Crippen LogP contribution in [0.2, 0.25) is 0 Å². The molecule has 2 aliphatic heterocycles. The molecular formula is C27H24FNO2S. The summed E-state index contributed by atoms with van der Waals surface area (Å²) in [6.07, 6.45) is 6.22. The second-order valence-electron chi connectivity index (χ2n) is 8.79. The van der Waals surface area contributed by atoms with Gasteiger partial charge in [-0.05, 0) is 98.5 Å². The van der Waals surface area contributed by atoms with E-state index in [4.69, 9.17) is 4.74 Å². The second-order valence-corrected chi connectivity index (χ2v) is 9.67. The van der Waals surface area contributed by atoms with Crippen molar-refractivity contribution in [3.63, 3.8) is 0 Å². The zero-order valence-corrected chi connectivity index (χ0v) is 19.3. The number of nitrogens with zero attached hydrogens (tertiary/aromatic N) is 1. The minimum atomic E-state index is -0.665. The number of halogens is 1. The van der Waals surface area contributed by atoms with E-state index in [1.807, 2.05) is 18.2 Å². The van der Waals surface area contributed by atoms with E-state index in [9.17, 15) is 9.18 Å². The molecule has 5 rings (SSSR count). The van der Waals surface area contributed by atoms with Crippen molar-refractivity contribution in [3.05, 3.63) is 94.8 Å². The van der Waals surface area contributed by atoms with Crippen LogP contribution in [-0.4, -0.2) is 24.8 Å². The molecule has 0 aliphatic carbocycles. The summed E-state index contributed by atoms with van der Waals surface area (Å²) in [7, 11) is 2.06. The van der Waals surface area contributed by atoms with E-state index in [2.05, 4.69) is 56.3 Å². The largest absolute Gasteiger partial charge is 0.463 e. The van der Waals surface area contributed by atoms with Crippen molar-refractivity contribution in [1.29, 1.82) is 0 Å². The highest BCUT2D eigenvalue weighted by Gasteiger charge is 2.57. The van der Waals surface area contributed by atoms with Crippen LogP contribution in [0.5, 0.6) is 5.75 Å². The Bertz CT molecular complexity index is 1270. The van der Waals surface area contributed by atoms with Crippen LogP contribution in [-0.2, 0) is 5.41 Å². The fourth-order valence-corrected chi connectivity index (χ4v) is 5.27. The molecule has 0 radical (unpaired) electrons. The summed E-state index contributed by atoms with van der Waals surface area (Å²) in [5.74, 6) is 0.236. The third-order valence-corrected chi connectivity index (χ3v) is 7.49. The minimum Gasteiger partial charge on any atom is -0.463 e. The predicted molar refractivity (Wildman–Crippen MR) is 128 cm³/mol. The third kappa shape index (κ3) is 2.91. The molecular weight excluding hydrogens is 421 g/mol. The zero-order valence-electron chi connectivity index (χ0n) is 18.5. The number of ketones is 1. The highest BCUT2D eigenvalue weighted by atomic mass is 32.2. The van der Waals surface area contributed by atoms with E-state index in [-0.39, 0.29) is 17.0 Å². The van der Waals surface area contributed by atoms with Crippen LogP contribution >= 0.6 is 11.8 Å². The molecule has 2 aliphatic rings. The van der Waals surface area contributed by atoms with Crippen LogP contribution < -0.4 is 9.64 Å². The van der Waals surface area contributed by atoms with Gasteiger partial charge in [0.2, 0.25) is 5.72 Å². The van der Waals surface area contributed by atoms with Crippen molar-refractivity contribution in [1.82, 2.24) is 0 Å². The lowest BCUT2D eigenvalue weighted by atomic mass is 9.76. The summed E-state index contributed by atoms with van der Waals surface area (Å²) in [6, 6.07) is 17.7. The lowest BCUT2D eigenvalue weighted by Gasteiger charge is -2.45. The van der Waals surface area contributed by atoms with Crippen molar-refractivity contribution in [3.8, 4) is 5.75 Å². The number of hydrogen-bond donors (Lipinski definition) is 0. The fourth-order valence-electron chi connectivity index (χ4n) is 4.83. The van der Waals surface area contributed by atoms with Gasteiger partial charge in [-0.15, -0.1) is 11.8 Å². The van der Waals surface area contributed by atoms with Crippen LogP contribution in [0.3, 0.4) is 0 Å². The molecule has 0 saturated carbocycles. The number of hydrogen-bond acceptors (Lipinski definition) is 4. The highest BCUT2D eigenvalue weighted by Crippen LogP contribution is 2.54. The smallest absolute Gasteiger partial charge is 0.211 e. The van der Waals surface area contributed by atoms with Gasteiger partial charge in [0, 0.05) is 34.3 Å². The van der Waals surface area contributed by atoms with Gasteiger partial charge in [0.15, 0.2) is 5.78 Å². The summed E-state index contributed by atoms with van der Waals surface area (Å²) < 4.78 is 19.9. The molecule has 3 aromatic carbocycles. The zero-order chi connectivity index (χ0) is 22.7. The normalized spacial score (nSPS) is 20.1. The first-order valence-corrected chi connectivity index (χ1v) is 11.7. The van der Waals surface area contributed by atoms with Gasteiger partial charge in [0.05, 0.1) is 5.41 Å². The van der Waals surface area contributed by atoms with Gasteiger partial charge in [0.1, 0.15) is 11.6 Å². The molecule has 5 heteroatoms. The number of rotatable bonds is 3. The first kappa shape index (κ1) is 20.8. The Hall–Kier alpha value is -3.05.